The molecule has 1 aliphatic carbocycles. The molecule has 1 amide bonds. The number of rotatable bonds is 3. The van der Waals surface area contributed by atoms with Crippen LogP contribution in [0.5, 0.6) is 0 Å². The largest absolute Gasteiger partial charge is 0.337 e. The molecule has 5 heteroatoms. The van der Waals surface area contributed by atoms with Gasteiger partial charge in [0.25, 0.3) is 5.91 Å². The van der Waals surface area contributed by atoms with E-state index in [4.69, 9.17) is 0 Å². The molecule has 1 spiro atoms. The minimum atomic E-state index is 0.163. The molecular formula is C19H30N4O. The van der Waals surface area contributed by atoms with Crippen LogP contribution >= 0.6 is 0 Å². The van der Waals surface area contributed by atoms with E-state index in [9.17, 15) is 4.79 Å². The van der Waals surface area contributed by atoms with E-state index < -0.39 is 0 Å². The van der Waals surface area contributed by atoms with Crippen LogP contribution in [0.3, 0.4) is 0 Å². The van der Waals surface area contributed by atoms with E-state index in [0.717, 1.165) is 36.8 Å². The Kier molecular flexibility index (Phi) is 4.15. The minimum Gasteiger partial charge on any atom is -0.337 e. The van der Waals surface area contributed by atoms with Crippen LogP contribution in [0.1, 0.15) is 54.7 Å². The topological polar surface area (TPSA) is 41.4 Å². The Morgan fingerprint density at radius 2 is 2.00 bits per heavy atom. The first kappa shape index (κ1) is 16.1. The third-order valence-corrected chi connectivity index (χ3v) is 6.12. The molecule has 4 rings (SSSR count). The van der Waals surface area contributed by atoms with Gasteiger partial charge in [0, 0.05) is 38.6 Å². The number of carbonyl (C=O) groups is 1. The Hall–Kier alpha value is -1.36. The highest BCUT2D eigenvalue weighted by Crippen LogP contribution is 2.40. The first-order valence-electron chi connectivity index (χ1n) is 9.57. The van der Waals surface area contributed by atoms with Crippen LogP contribution in [-0.4, -0.2) is 58.2 Å². The zero-order chi connectivity index (χ0) is 16.7. The number of amides is 1. The van der Waals surface area contributed by atoms with Gasteiger partial charge < -0.3 is 9.80 Å². The van der Waals surface area contributed by atoms with E-state index in [1.54, 1.807) is 4.68 Å². The molecule has 1 saturated carbocycles. The number of carbonyl (C=O) groups excluding carboxylic acids is 1. The molecule has 1 aromatic heterocycles. The molecule has 132 valence electrons. The van der Waals surface area contributed by atoms with Gasteiger partial charge in [-0.1, -0.05) is 0 Å². The zero-order valence-electron chi connectivity index (χ0n) is 15.1. The summed E-state index contributed by atoms with van der Waals surface area (Å²) in [7, 11) is 1.87. The molecule has 2 aliphatic heterocycles. The quantitative estimate of drug-likeness (QED) is 0.855. The zero-order valence-corrected chi connectivity index (χ0v) is 15.1. The van der Waals surface area contributed by atoms with E-state index in [-0.39, 0.29) is 5.91 Å². The summed E-state index contributed by atoms with van der Waals surface area (Å²) in [5, 5.41) is 4.34. The normalized spacial score (nSPS) is 28.5. The van der Waals surface area contributed by atoms with Gasteiger partial charge in [0.1, 0.15) is 5.69 Å². The molecule has 1 unspecified atom stereocenters. The third kappa shape index (κ3) is 3.23. The van der Waals surface area contributed by atoms with E-state index in [2.05, 4.69) is 14.9 Å². The molecule has 2 saturated heterocycles. The Morgan fingerprint density at radius 3 is 2.67 bits per heavy atom. The predicted octanol–water partition coefficient (Wildman–Crippen LogP) is 2.46. The van der Waals surface area contributed by atoms with Crippen molar-refractivity contribution in [3.63, 3.8) is 0 Å². The van der Waals surface area contributed by atoms with Crippen LogP contribution < -0.4 is 0 Å². The first-order valence-corrected chi connectivity index (χ1v) is 9.57. The van der Waals surface area contributed by atoms with Crippen LogP contribution in [0, 0.1) is 18.3 Å². The average Bonchev–Trinajstić information content (AvgIpc) is 3.29. The number of piperidine rings is 2. The van der Waals surface area contributed by atoms with Gasteiger partial charge in [-0.3, -0.25) is 9.48 Å². The van der Waals surface area contributed by atoms with Crippen molar-refractivity contribution < 1.29 is 4.79 Å². The monoisotopic (exact) mass is 330 g/mol. The second-order valence-electron chi connectivity index (χ2n) is 8.41. The predicted molar refractivity (Wildman–Crippen MR) is 93.9 cm³/mol. The van der Waals surface area contributed by atoms with Crippen LogP contribution in [0.25, 0.3) is 0 Å². The van der Waals surface area contributed by atoms with E-state index in [1.165, 1.54) is 51.7 Å². The van der Waals surface area contributed by atoms with Crippen molar-refractivity contribution in [2.24, 2.45) is 18.4 Å². The maximum absolute atomic E-state index is 13.0. The molecule has 0 aromatic carbocycles. The number of aryl methyl sites for hydroxylation is 2. The molecule has 3 fully saturated rings. The van der Waals surface area contributed by atoms with Gasteiger partial charge in [0.2, 0.25) is 0 Å². The summed E-state index contributed by atoms with van der Waals surface area (Å²) in [6.07, 6.45) is 7.84. The van der Waals surface area contributed by atoms with E-state index >= 15 is 0 Å². The lowest BCUT2D eigenvalue weighted by atomic mass is 9.73. The van der Waals surface area contributed by atoms with Crippen LogP contribution in [0.2, 0.25) is 0 Å². The summed E-state index contributed by atoms with van der Waals surface area (Å²) in [6, 6.07) is 1.92. The molecule has 5 nitrogen and oxygen atoms in total. The number of aromatic nitrogens is 2. The van der Waals surface area contributed by atoms with Gasteiger partial charge >= 0.3 is 0 Å². The van der Waals surface area contributed by atoms with Crippen molar-refractivity contribution >= 4 is 5.91 Å². The van der Waals surface area contributed by atoms with Crippen molar-refractivity contribution in [3.05, 3.63) is 17.5 Å². The van der Waals surface area contributed by atoms with Crippen molar-refractivity contribution in [1.82, 2.24) is 19.6 Å². The third-order valence-electron chi connectivity index (χ3n) is 6.12. The Labute approximate surface area is 145 Å². The second-order valence-corrected chi connectivity index (χ2v) is 8.41. The van der Waals surface area contributed by atoms with Crippen molar-refractivity contribution in [2.45, 2.75) is 45.4 Å². The van der Waals surface area contributed by atoms with Crippen molar-refractivity contribution in [1.29, 1.82) is 0 Å². The standard InChI is InChI=1S/C19H30N4O/c1-15-11-17(21(2)20-15)18(24)23-10-4-8-19(14-23)7-3-9-22(13-19)12-16-5-6-16/h11,16H,3-10,12-14H2,1-2H3. The number of hydrogen-bond acceptors (Lipinski definition) is 3. The highest BCUT2D eigenvalue weighted by Gasteiger charge is 2.41. The van der Waals surface area contributed by atoms with E-state index in [0.29, 0.717) is 5.41 Å². The average molecular weight is 330 g/mol. The number of nitrogens with zero attached hydrogens (tertiary/aromatic N) is 4. The molecule has 0 N–H and O–H groups in total. The number of likely N-dealkylation sites (tertiary alicyclic amines) is 2. The summed E-state index contributed by atoms with van der Waals surface area (Å²) >= 11 is 0. The van der Waals surface area contributed by atoms with Gasteiger partial charge in [-0.25, -0.2) is 0 Å². The van der Waals surface area contributed by atoms with E-state index in [1.807, 2.05) is 20.0 Å². The SMILES string of the molecule is Cc1cc(C(=O)N2CCCC3(CCCN(CC4CC4)C3)C2)n(C)n1. The lowest BCUT2D eigenvalue weighted by molar-refractivity contribution is 0.0120. The number of hydrogen-bond donors (Lipinski definition) is 0. The van der Waals surface area contributed by atoms with Crippen molar-refractivity contribution in [3.8, 4) is 0 Å². The molecule has 1 aromatic rings. The molecule has 0 bridgehead atoms. The highest BCUT2D eigenvalue weighted by atomic mass is 16.2. The van der Waals surface area contributed by atoms with Gasteiger partial charge in [0.05, 0.1) is 5.69 Å². The molecule has 3 heterocycles. The smallest absolute Gasteiger partial charge is 0.272 e. The molecule has 3 aliphatic rings. The summed E-state index contributed by atoms with van der Waals surface area (Å²) < 4.78 is 1.74. The van der Waals surface area contributed by atoms with Gasteiger partial charge in [-0.15, -0.1) is 0 Å². The Balaban J connectivity index is 1.46. The fourth-order valence-corrected chi connectivity index (χ4v) is 4.82. The van der Waals surface area contributed by atoms with Gasteiger partial charge in [-0.05, 0) is 64.0 Å². The van der Waals surface area contributed by atoms with Gasteiger partial charge in [-0.2, -0.15) is 5.10 Å². The lowest BCUT2D eigenvalue weighted by Gasteiger charge is -2.48. The van der Waals surface area contributed by atoms with Crippen LogP contribution in [-0.2, 0) is 7.05 Å². The Morgan fingerprint density at radius 1 is 1.25 bits per heavy atom. The molecule has 24 heavy (non-hydrogen) atoms. The second kappa shape index (κ2) is 6.17. The molecule has 1 atom stereocenters. The lowest BCUT2D eigenvalue weighted by Crippen LogP contribution is -2.54. The first-order chi connectivity index (χ1) is 11.5. The highest BCUT2D eigenvalue weighted by molar-refractivity contribution is 5.92. The Bertz CT molecular complexity index is 617. The van der Waals surface area contributed by atoms with Crippen molar-refractivity contribution in [2.75, 3.05) is 32.7 Å². The summed E-state index contributed by atoms with van der Waals surface area (Å²) in [5.41, 5.74) is 1.98. The fourth-order valence-electron chi connectivity index (χ4n) is 4.82. The molecular weight excluding hydrogens is 300 g/mol. The summed E-state index contributed by atoms with van der Waals surface area (Å²) in [6.45, 7) is 7.51. The summed E-state index contributed by atoms with van der Waals surface area (Å²) in [4.78, 5) is 17.8. The van der Waals surface area contributed by atoms with Gasteiger partial charge in [0.15, 0.2) is 0 Å². The maximum Gasteiger partial charge on any atom is 0.272 e. The molecule has 0 radical (unpaired) electrons. The fraction of sp³-hybridized carbons (Fsp3) is 0.789. The summed E-state index contributed by atoms with van der Waals surface area (Å²) in [5.74, 6) is 1.12. The van der Waals surface area contributed by atoms with Crippen LogP contribution in [0.4, 0.5) is 0 Å². The maximum atomic E-state index is 13.0. The minimum absolute atomic E-state index is 0.163. The van der Waals surface area contributed by atoms with Crippen LogP contribution in [0.15, 0.2) is 6.07 Å².